The van der Waals surface area contributed by atoms with E-state index in [0.717, 1.165) is 32.5 Å². The van der Waals surface area contributed by atoms with Gasteiger partial charge >= 0.3 is 0 Å². The maximum Gasteiger partial charge on any atom is 0.228 e. The van der Waals surface area contributed by atoms with Crippen LogP contribution in [0, 0.1) is 11.3 Å². The molecule has 0 radical (unpaired) electrons. The van der Waals surface area contributed by atoms with Crippen molar-refractivity contribution in [2.24, 2.45) is 11.3 Å². The third-order valence-electron chi connectivity index (χ3n) is 5.24. The van der Waals surface area contributed by atoms with Gasteiger partial charge in [0.2, 0.25) is 5.91 Å². The molecule has 0 aromatic carbocycles. The number of methoxy groups -OCH3 is 1. The first-order valence-electron chi connectivity index (χ1n) is 8.75. The second-order valence-corrected chi connectivity index (χ2v) is 6.88. The summed E-state index contributed by atoms with van der Waals surface area (Å²) in [7, 11) is 1.70. The van der Waals surface area contributed by atoms with E-state index in [1.54, 1.807) is 7.11 Å². The lowest BCUT2D eigenvalue weighted by molar-refractivity contribution is -0.136. The maximum absolute atomic E-state index is 12.7. The van der Waals surface area contributed by atoms with E-state index in [2.05, 4.69) is 10.6 Å². The van der Waals surface area contributed by atoms with Gasteiger partial charge in [0.1, 0.15) is 0 Å². The summed E-state index contributed by atoms with van der Waals surface area (Å²) in [6.07, 6.45) is 11.1. The van der Waals surface area contributed by atoms with Crippen LogP contribution >= 0.6 is 12.4 Å². The number of halogens is 1. The van der Waals surface area contributed by atoms with Crippen LogP contribution in [0.4, 0.5) is 0 Å². The summed E-state index contributed by atoms with van der Waals surface area (Å²) in [4.78, 5) is 12.7. The van der Waals surface area contributed by atoms with E-state index in [1.807, 2.05) is 0 Å². The first-order valence-corrected chi connectivity index (χ1v) is 8.75. The standard InChI is InChI=1S/C17H32N2O2.ClH/c1-21-14-17(9-11-18-12-10-17)16(20)19-13-15-7-5-3-2-4-6-8-15;/h15,18H,2-14H2,1H3,(H,19,20);1H. The van der Waals surface area contributed by atoms with Gasteiger partial charge < -0.3 is 15.4 Å². The summed E-state index contributed by atoms with van der Waals surface area (Å²) < 4.78 is 5.35. The topological polar surface area (TPSA) is 50.4 Å². The van der Waals surface area contributed by atoms with Gasteiger partial charge in [-0.05, 0) is 44.7 Å². The Bertz CT molecular complexity index is 306. The molecule has 1 aliphatic heterocycles. The van der Waals surface area contributed by atoms with Crippen molar-refractivity contribution >= 4 is 18.3 Å². The molecule has 2 N–H and O–H groups in total. The van der Waals surface area contributed by atoms with Crippen molar-refractivity contribution in [2.45, 2.75) is 57.8 Å². The van der Waals surface area contributed by atoms with Crippen LogP contribution in [-0.2, 0) is 9.53 Å². The Labute approximate surface area is 141 Å². The van der Waals surface area contributed by atoms with Gasteiger partial charge in [0.05, 0.1) is 12.0 Å². The SMILES string of the molecule is COCC1(C(=O)NCC2CCCCCCC2)CCNCC1.Cl. The number of piperidine rings is 1. The van der Waals surface area contributed by atoms with Gasteiger partial charge in [-0.2, -0.15) is 0 Å². The number of amides is 1. The molecule has 1 saturated heterocycles. The first kappa shape index (κ1) is 19.7. The summed E-state index contributed by atoms with van der Waals surface area (Å²) in [6, 6.07) is 0. The van der Waals surface area contributed by atoms with Crippen molar-refractivity contribution < 1.29 is 9.53 Å². The molecule has 0 unspecified atom stereocenters. The summed E-state index contributed by atoms with van der Waals surface area (Å²) in [6.45, 7) is 3.24. The Balaban J connectivity index is 0.00000242. The number of carbonyl (C=O) groups is 1. The van der Waals surface area contributed by atoms with Gasteiger partial charge in [0.15, 0.2) is 0 Å². The van der Waals surface area contributed by atoms with Crippen molar-refractivity contribution in [3.63, 3.8) is 0 Å². The van der Waals surface area contributed by atoms with Crippen LogP contribution in [0.15, 0.2) is 0 Å². The zero-order chi connectivity index (χ0) is 15.0. The Hall–Kier alpha value is -0.320. The highest BCUT2D eigenvalue weighted by Crippen LogP contribution is 2.30. The van der Waals surface area contributed by atoms with Gasteiger partial charge in [-0.1, -0.05) is 32.1 Å². The summed E-state index contributed by atoms with van der Waals surface area (Å²) in [5.41, 5.74) is -0.304. The van der Waals surface area contributed by atoms with E-state index in [1.165, 1.54) is 44.9 Å². The molecule has 4 nitrogen and oxygen atoms in total. The van der Waals surface area contributed by atoms with Crippen molar-refractivity contribution in [1.82, 2.24) is 10.6 Å². The fourth-order valence-electron chi connectivity index (χ4n) is 3.79. The molecule has 2 fully saturated rings. The molecule has 1 aliphatic carbocycles. The molecular formula is C17H33ClN2O2. The molecule has 1 amide bonds. The minimum atomic E-state index is -0.304. The number of rotatable bonds is 5. The van der Waals surface area contributed by atoms with E-state index in [-0.39, 0.29) is 23.7 Å². The highest BCUT2D eigenvalue weighted by Gasteiger charge is 2.39. The van der Waals surface area contributed by atoms with E-state index in [0.29, 0.717) is 12.5 Å². The van der Waals surface area contributed by atoms with Gasteiger partial charge in [-0.3, -0.25) is 4.79 Å². The lowest BCUT2D eigenvalue weighted by atomic mass is 9.78. The fourth-order valence-corrected chi connectivity index (χ4v) is 3.79. The average molecular weight is 333 g/mol. The van der Waals surface area contributed by atoms with Gasteiger partial charge in [-0.25, -0.2) is 0 Å². The first-order chi connectivity index (χ1) is 10.3. The third-order valence-corrected chi connectivity index (χ3v) is 5.24. The van der Waals surface area contributed by atoms with E-state index in [4.69, 9.17) is 4.74 Å². The van der Waals surface area contributed by atoms with Crippen molar-refractivity contribution in [2.75, 3.05) is 33.4 Å². The highest BCUT2D eigenvalue weighted by molar-refractivity contribution is 5.85. The molecule has 0 atom stereocenters. The number of nitrogens with one attached hydrogen (secondary N) is 2. The molecule has 1 saturated carbocycles. The average Bonchev–Trinajstić information content (AvgIpc) is 2.47. The molecule has 2 aliphatic rings. The summed E-state index contributed by atoms with van der Waals surface area (Å²) in [5.74, 6) is 0.892. The van der Waals surface area contributed by atoms with Crippen molar-refractivity contribution in [3.05, 3.63) is 0 Å². The number of carbonyl (C=O) groups excluding carboxylic acids is 1. The predicted molar refractivity (Wildman–Crippen MR) is 92.5 cm³/mol. The molecule has 0 aromatic rings. The second kappa shape index (κ2) is 10.5. The monoisotopic (exact) mass is 332 g/mol. The predicted octanol–water partition coefficient (Wildman–Crippen LogP) is 2.90. The number of ether oxygens (including phenoxy) is 1. The van der Waals surface area contributed by atoms with Crippen LogP contribution in [0.25, 0.3) is 0 Å². The Morgan fingerprint density at radius 3 is 2.32 bits per heavy atom. The molecule has 2 rings (SSSR count). The summed E-state index contributed by atoms with van der Waals surface area (Å²) >= 11 is 0. The largest absolute Gasteiger partial charge is 0.384 e. The molecular weight excluding hydrogens is 300 g/mol. The van der Waals surface area contributed by atoms with Crippen LogP contribution in [0.3, 0.4) is 0 Å². The quantitative estimate of drug-likeness (QED) is 0.814. The molecule has 0 aromatic heterocycles. The smallest absolute Gasteiger partial charge is 0.228 e. The normalized spacial score (nSPS) is 23.0. The van der Waals surface area contributed by atoms with Crippen molar-refractivity contribution in [1.29, 1.82) is 0 Å². The van der Waals surface area contributed by atoms with Crippen LogP contribution in [0.5, 0.6) is 0 Å². The van der Waals surface area contributed by atoms with Crippen LogP contribution in [0.2, 0.25) is 0 Å². The highest BCUT2D eigenvalue weighted by atomic mass is 35.5. The van der Waals surface area contributed by atoms with Crippen molar-refractivity contribution in [3.8, 4) is 0 Å². The Morgan fingerprint density at radius 2 is 1.73 bits per heavy atom. The lowest BCUT2D eigenvalue weighted by Crippen LogP contribution is -2.50. The van der Waals surface area contributed by atoms with Crippen LogP contribution in [0.1, 0.15) is 57.8 Å². The minimum absolute atomic E-state index is 0. The van der Waals surface area contributed by atoms with Gasteiger partial charge in [-0.15, -0.1) is 12.4 Å². The number of hydrogen-bond acceptors (Lipinski definition) is 3. The van der Waals surface area contributed by atoms with E-state index >= 15 is 0 Å². The van der Waals surface area contributed by atoms with E-state index < -0.39 is 0 Å². The number of hydrogen-bond donors (Lipinski definition) is 2. The maximum atomic E-state index is 12.7. The summed E-state index contributed by atoms with van der Waals surface area (Å²) in [5, 5.41) is 6.59. The molecule has 22 heavy (non-hydrogen) atoms. The zero-order valence-corrected chi connectivity index (χ0v) is 14.8. The third kappa shape index (κ3) is 5.71. The molecule has 0 spiro atoms. The second-order valence-electron chi connectivity index (χ2n) is 6.88. The Kier molecular flexibility index (Phi) is 9.37. The lowest BCUT2D eigenvalue weighted by Gasteiger charge is -2.36. The molecule has 130 valence electrons. The van der Waals surface area contributed by atoms with Crippen LogP contribution < -0.4 is 10.6 Å². The molecule has 1 heterocycles. The van der Waals surface area contributed by atoms with Gasteiger partial charge in [0.25, 0.3) is 0 Å². The van der Waals surface area contributed by atoms with Crippen LogP contribution in [-0.4, -0.2) is 39.3 Å². The van der Waals surface area contributed by atoms with Gasteiger partial charge in [0, 0.05) is 13.7 Å². The Morgan fingerprint density at radius 1 is 1.14 bits per heavy atom. The molecule has 0 bridgehead atoms. The zero-order valence-electron chi connectivity index (χ0n) is 14.0. The minimum Gasteiger partial charge on any atom is -0.384 e. The molecule has 5 heteroatoms. The van der Waals surface area contributed by atoms with E-state index in [9.17, 15) is 4.79 Å². The fraction of sp³-hybridized carbons (Fsp3) is 0.941.